The molecule has 2 aromatic carbocycles. The van der Waals surface area contributed by atoms with Crippen LogP contribution in [0.4, 0.5) is 5.69 Å². The molecule has 0 fully saturated rings. The first kappa shape index (κ1) is 18.2. The molecule has 0 saturated heterocycles. The van der Waals surface area contributed by atoms with Crippen molar-refractivity contribution in [1.29, 1.82) is 0 Å². The maximum absolute atomic E-state index is 12.3. The van der Waals surface area contributed by atoms with E-state index in [0.29, 0.717) is 23.8 Å². The number of methoxy groups -OCH3 is 1. The van der Waals surface area contributed by atoms with Crippen LogP contribution in [0.1, 0.15) is 13.8 Å². The van der Waals surface area contributed by atoms with Crippen LogP contribution in [0.15, 0.2) is 53.4 Å². The van der Waals surface area contributed by atoms with Crippen molar-refractivity contribution in [2.75, 3.05) is 24.8 Å². The first-order chi connectivity index (χ1) is 11.6. The maximum atomic E-state index is 12.3. The van der Waals surface area contributed by atoms with Gasteiger partial charge in [0.05, 0.1) is 13.7 Å². The smallest absolute Gasteiger partial charge is 0.228 e. The minimum absolute atomic E-state index is 0.00959. The summed E-state index contributed by atoms with van der Waals surface area (Å²) in [4.78, 5) is 13.5. The van der Waals surface area contributed by atoms with E-state index < -0.39 is 0 Å². The predicted molar refractivity (Wildman–Crippen MR) is 99.1 cm³/mol. The number of carbonyl (C=O) groups is 1. The lowest BCUT2D eigenvalue weighted by Crippen LogP contribution is -2.22. The Morgan fingerprint density at radius 3 is 2.58 bits per heavy atom. The van der Waals surface area contributed by atoms with E-state index in [1.54, 1.807) is 31.0 Å². The van der Waals surface area contributed by atoms with Gasteiger partial charge >= 0.3 is 0 Å². The highest BCUT2D eigenvalue weighted by molar-refractivity contribution is 7.99. The molecule has 0 aliphatic carbocycles. The first-order valence-corrected chi connectivity index (χ1v) is 8.92. The summed E-state index contributed by atoms with van der Waals surface area (Å²) < 4.78 is 10.8. The van der Waals surface area contributed by atoms with Gasteiger partial charge in [-0.05, 0) is 31.2 Å². The number of nitrogens with one attached hydrogen (secondary N) is 1. The van der Waals surface area contributed by atoms with Gasteiger partial charge in [-0.2, -0.15) is 0 Å². The first-order valence-electron chi connectivity index (χ1n) is 7.93. The Morgan fingerprint density at radius 2 is 1.92 bits per heavy atom. The second-order valence-electron chi connectivity index (χ2n) is 5.31. The molecule has 128 valence electrons. The number of hydrogen-bond acceptors (Lipinski definition) is 4. The van der Waals surface area contributed by atoms with Crippen molar-refractivity contribution >= 4 is 23.4 Å². The van der Waals surface area contributed by atoms with E-state index in [1.807, 2.05) is 50.2 Å². The van der Waals surface area contributed by atoms with Gasteiger partial charge in [-0.25, -0.2) is 0 Å². The van der Waals surface area contributed by atoms with Gasteiger partial charge in [0.2, 0.25) is 5.91 Å². The Kier molecular flexibility index (Phi) is 7.00. The Hall–Kier alpha value is -2.14. The molecule has 0 aliphatic heterocycles. The lowest BCUT2D eigenvalue weighted by atomic mass is 10.2. The van der Waals surface area contributed by atoms with Crippen molar-refractivity contribution < 1.29 is 14.3 Å². The van der Waals surface area contributed by atoms with Gasteiger partial charge in [-0.1, -0.05) is 25.1 Å². The van der Waals surface area contributed by atoms with E-state index in [2.05, 4.69) is 5.32 Å². The van der Waals surface area contributed by atoms with Crippen molar-refractivity contribution in [3.63, 3.8) is 0 Å². The molecule has 1 N–H and O–H groups in total. The summed E-state index contributed by atoms with van der Waals surface area (Å²) in [5, 5.41) is 2.93. The Bertz CT molecular complexity index is 661. The Balaban J connectivity index is 1.93. The van der Waals surface area contributed by atoms with E-state index >= 15 is 0 Å². The third-order valence-corrected chi connectivity index (χ3v) is 4.69. The molecule has 0 aliphatic rings. The topological polar surface area (TPSA) is 47.6 Å². The Morgan fingerprint density at radius 1 is 1.17 bits per heavy atom. The molecule has 1 unspecified atom stereocenters. The van der Waals surface area contributed by atoms with Crippen LogP contribution in [-0.2, 0) is 4.79 Å². The van der Waals surface area contributed by atoms with Gasteiger partial charge in [0.15, 0.2) is 11.5 Å². The van der Waals surface area contributed by atoms with Crippen molar-refractivity contribution in [1.82, 2.24) is 0 Å². The van der Waals surface area contributed by atoms with Gasteiger partial charge in [0.1, 0.15) is 0 Å². The van der Waals surface area contributed by atoms with E-state index in [9.17, 15) is 4.79 Å². The van der Waals surface area contributed by atoms with Crippen LogP contribution in [0.3, 0.4) is 0 Å². The van der Waals surface area contributed by atoms with E-state index in [-0.39, 0.29) is 11.8 Å². The van der Waals surface area contributed by atoms with Crippen molar-refractivity contribution in [2.24, 2.45) is 5.92 Å². The van der Waals surface area contributed by atoms with Crippen LogP contribution >= 0.6 is 11.8 Å². The molecular formula is C19H23NO3S. The number of anilines is 1. The van der Waals surface area contributed by atoms with E-state index in [0.717, 1.165) is 5.75 Å². The third kappa shape index (κ3) is 5.20. The zero-order valence-electron chi connectivity index (χ0n) is 14.2. The molecule has 2 aromatic rings. The fourth-order valence-electron chi connectivity index (χ4n) is 2.10. The average Bonchev–Trinajstić information content (AvgIpc) is 2.61. The second kappa shape index (κ2) is 9.23. The van der Waals surface area contributed by atoms with Crippen LogP contribution in [0.25, 0.3) is 0 Å². The highest BCUT2D eigenvalue weighted by Gasteiger charge is 2.14. The fraction of sp³-hybridized carbons (Fsp3) is 0.316. The second-order valence-corrected chi connectivity index (χ2v) is 6.41. The molecule has 0 radical (unpaired) electrons. The van der Waals surface area contributed by atoms with Gasteiger partial charge in [-0.3, -0.25) is 4.79 Å². The molecule has 0 spiro atoms. The number of rotatable bonds is 8. The molecule has 1 amide bonds. The van der Waals surface area contributed by atoms with Crippen molar-refractivity contribution in [3.8, 4) is 11.5 Å². The number of thioether (sulfide) groups is 1. The SMILES string of the molecule is CCOc1ccc(NC(=O)C(C)CSc2ccccc2)cc1OC. The standard InChI is InChI=1S/C19H23NO3S/c1-4-23-17-11-10-15(12-18(17)22-3)20-19(21)14(2)13-24-16-8-6-5-7-9-16/h5-12,14H,4,13H2,1-3H3,(H,20,21). The lowest BCUT2D eigenvalue weighted by Gasteiger charge is -2.14. The monoisotopic (exact) mass is 345 g/mol. The summed E-state index contributed by atoms with van der Waals surface area (Å²) in [5.41, 5.74) is 0.705. The van der Waals surface area contributed by atoms with Gasteiger partial charge in [0, 0.05) is 28.3 Å². The van der Waals surface area contributed by atoms with E-state index in [1.165, 1.54) is 4.90 Å². The van der Waals surface area contributed by atoms with Crippen LogP contribution in [0.5, 0.6) is 11.5 Å². The van der Waals surface area contributed by atoms with Gasteiger partial charge < -0.3 is 14.8 Å². The summed E-state index contributed by atoms with van der Waals surface area (Å²) >= 11 is 1.68. The normalized spacial score (nSPS) is 11.6. The number of ether oxygens (including phenoxy) is 2. The predicted octanol–water partition coefficient (Wildman–Crippen LogP) is 4.46. The van der Waals surface area contributed by atoms with Gasteiger partial charge in [-0.15, -0.1) is 11.8 Å². The number of hydrogen-bond donors (Lipinski definition) is 1. The average molecular weight is 345 g/mol. The highest BCUT2D eigenvalue weighted by Crippen LogP contribution is 2.30. The van der Waals surface area contributed by atoms with Crippen LogP contribution < -0.4 is 14.8 Å². The quantitative estimate of drug-likeness (QED) is 0.718. The Labute approximate surface area is 147 Å². The minimum atomic E-state index is -0.104. The molecule has 0 aromatic heterocycles. The third-order valence-electron chi connectivity index (χ3n) is 3.42. The molecule has 0 heterocycles. The zero-order valence-corrected chi connectivity index (χ0v) is 15.1. The van der Waals surface area contributed by atoms with Gasteiger partial charge in [0.25, 0.3) is 0 Å². The summed E-state index contributed by atoms with van der Waals surface area (Å²) in [6.07, 6.45) is 0. The minimum Gasteiger partial charge on any atom is -0.493 e. The summed E-state index contributed by atoms with van der Waals surface area (Å²) in [6.45, 7) is 4.41. The lowest BCUT2D eigenvalue weighted by molar-refractivity contribution is -0.118. The van der Waals surface area contributed by atoms with Crippen LogP contribution in [0.2, 0.25) is 0 Å². The largest absolute Gasteiger partial charge is 0.493 e. The number of amides is 1. The summed E-state index contributed by atoms with van der Waals surface area (Å²) in [6, 6.07) is 15.5. The van der Waals surface area contributed by atoms with Crippen molar-refractivity contribution in [3.05, 3.63) is 48.5 Å². The number of benzene rings is 2. The van der Waals surface area contributed by atoms with E-state index in [4.69, 9.17) is 9.47 Å². The zero-order chi connectivity index (χ0) is 17.4. The molecule has 0 saturated carbocycles. The van der Waals surface area contributed by atoms with Crippen LogP contribution in [-0.4, -0.2) is 25.4 Å². The molecule has 1 atom stereocenters. The molecule has 5 heteroatoms. The maximum Gasteiger partial charge on any atom is 0.228 e. The summed E-state index contributed by atoms with van der Waals surface area (Å²) in [5.74, 6) is 1.90. The number of carbonyl (C=O) groups excluding carboxylic acids is 1. The highest BCUT2D eigenvalue weighted by atomic mass is 32.2. The molecule has 0 bridgehead atoms. The molecular weight excluding hydrogens is 322 g/mol. The summed E-state index contributed by atoms with van der Waals surface area (Å²) in [7, 11) is 1.59. The van der Waals surface area contributed by atoms with Crippen molar-refractivity contribution in [2.45, 2.75) is 18.7 Å². The fourth-order valence-corrected chi connectivity index (χ4v) is 3.04. The molecule has 24 heavy (non-hydrogen) atoms. The van der Waals surface area contributed by atoms with Crippen LogP contribution in [0, 0.1) is 5.92 Å². The molecule has 4 nitrogen and oxygen atoms in total. The molecule has 2 rings (SSSR count).